The highest BCUT2D eigenvalue weighted by Crippen LogP contribution is 2.20. The van der Waals surface area contributed by atoms with Gasteiger partial charge in [-0.3, -0.25) is 4.79 Å². The lowest BCUT2D eigenvalue weighted by Crippen LogP contribution is -2.29. The average Bonchev–Trinajstić information content (AvgIpc) is 2.95. The van der Waals surface area contributed by atoms with E-state index in [1.807, 2.05) is 6.92 Å². The van der Waals surface area contributed by atoms with Gasteiger partial charge < -0.3 is 5.32 Å². The Hall–Kier alpha value is -1.73. The predicted molar refractivity (Wildman–Crippen MR) is 73.5 cm³/mol. The van der Waals surface area contributed by atoms with Crippen molar-refractivity contribution in [2.45, 2.75) is 25.8 Å². The number of halogens is 2. The minimum Gasteiger partial charge on any atom is -0.342 e. The number of pyridine rings is 1. The van der Waals surface area contributed by atoms with E-state index in [4.69, 9.17) is 23.2 Å². The molecule has 0 aliphatic rings. The van der Waals surface area contributed by atoms with Crippen LogP contribution in [0.2, 0.25) is 10.2 Å². The van der Waals surface area contributed by atoms with Crippen molar-refractivity contribution in [3.63, 3.8) is 0 Å². The van der Waals surface area contributed by atoms with Gasteiger partial charge in [-0.05, 0) is 12.5 Å². The number of carbonyl (C=O) groups is 1. The summed E-state index contributed by atoms with van der Waals surface area (Å²) in [5, 5.41) is 16.9. The Labute approximate surface area is 125 Å². The van der Waals surface area contributed by atoms with Gasteiger partial charge in [0.15, 0.2) is 5.82 Å². The summed E-state index contributed by atoms with van der Waals surface area (Å²) in [7, 11) is 0. The van der Waals surface area contributed by atoms with Gasteiger partial charge in [0.2, 0.25) is 0 Å². The summed E-state index contributed by atoms with van der Waals surface area (Å²) in [5.41, 5.74) is 0.260. The fourth-order valence-electron chi connectivity index (χ4n) is 1.69. The lowest BCUT2D eigenvalue weighted by molar-refractivity contribution is 0.0932. The topological polar surface area (TPSA) is 96.5 Å². The zero-order chi connectivity index (χ0) is 14.5. The Bertz CT molecular complexity index is 589. The van der Waals surface area contributed by atoms with Crippen molar-refractivity contribution in [1.82, 2.24) is 30.9 Å². The Kier molecular flexibility index (Phi) is 4.86. The lowest BCUT2D eigenvalue weighted by atomic mass is 10.1. The first-order valence-electron chi connectivity index (χ1n) is 5.97. The fourth-order valence-corrected chi connectivity index (χ4v) is 2.04. The number of rotatable bonds is 5. The van der Waals surface area contributed by atoms with Crippen molar-refractivity contribution >= 4 is 29.1 Å². The van der Waals surface area contributed by atoms with Crippen LogP contribution in [0.25, 0.3) is 0 Å². The van der Waals surface area contributed by atoms with E-state index in [2.05, 4.69) is 30.9 Å². The Morgan fingerprint density at radius 1 is 1.50 bits per heavy atom. The SMILES string of the molecule is CCC[C@H](NC(=O)c1cc(Cl)ncc1Cl)c1nn[nH]n1. The molecular weight excluding hydrogens is 303 g/mol. The largest absolute Gasteiger partial charge is 0.342 e. The molecule has 2 rings (SSSR count). The van der Waals surface area contributed by atoms with Crippen LogP contribution in [-0.2, 0) is 0 Å². The summed E-state index contributed by atoms with van der Waals surface area (Å²) in [5.74, 6) is 0.0685. The third kappa shape index (κ3) is 3.43. The zero-order valence-electron chi connectivity index (χ0n) is 10.6. The maximum Gasteiger partial charge on any atom is 0.253 e. The molecule has 0 unspecified atom stereocenters. The number of amides is 1. The molecule has 20 heavy (non-hydrogen) atoms. The summed E-state index contributed by atoms with van der Waals surface area (Å²) >= 11 is 11.7. The van der Waals surface area contributed by atoms with Crippen molar-refractivity contribution in [3.8, 4) is 0 Å². The molecule has 106 valence electrons. The molecule has 0 aromatic carbocycles. The second-order valence-electron chi connectivity index (χ2n) is 4.07. The quantitative estimate of drug-likeness (QED) is 0.824. The molecule has 1 atom stereocenters. The number of aromatic amines is 1. The molecule has 0 radical (unpaired) electrons. The van der Waals surface area contributed by atoms with E-state index in [9.17, 15) is 4.79 Å². The number of tetrazole rings is 1. The highest BCUT2D eigenvalue weighted by molar-refractivity contribution is 6.35. The normalized spacial score (nSPS) is 12.2. The smallest absolute Gasteiger partial charge is 0.253 e. The van der Waals surface area contributed by atoms with E-state index in [-0.39, 0.29) is 27.7 Å². The minimum atomic E-state index is -0.359. The van der Waals surface area contributed by atoms with Gasteiger partial charge in [0.1, 0.15) is 5.15 Å². The zero-order valence-corrected chi connectivity index (χ0v) is 12.1. The Balaban J connectivity index is 2.18. The molecule has 0 aliphatic heterocycles. The van der Waals surface area contributed by atoms with Crippen LogP contribution in [0.1, 0.15) is 42.0 Å². The van der Waals surface area contributed by atoms with Crippen LogP contribution in [0.3, 0.4) is 0 Å². The van der Waals surface area contributed by atoms with Gasteiger partial charge in [-0.15, -0.1) is 10.2 Å². The third-order valence-electron chi connectivity index (χ3n) is 2.62. The van der Waals surface area contributed by atoms with Crippen LogP contribution in [-0.4, -0.2) is 31.5 Å². The summed E-state index contributed by atoms with van der Waals surface area (Å²) in [6.45, 7) is 2.00. The Morgan fingerprint density at radius 3 is 2.95 bits per heavy atom. The molecular formula is C11H12Cl2N6O. The van der Waals surface area contributed by atoms with Crippen molar-refractivity contribution in [3.05, 3.63) is 33.8 Å². The molecule has 7 nitrogen and oxygen atoms in total. The van der Waals surface area contributed by atoms with Gasteiger partial charge in [0.25, 0.3) is 5.91 Å². The first-order chi connectivity index (χ1) is 9.61. The van der Waals surface area contributed by atoms with E-state index in [1.165, 1.54) is 12.3 Å². The van der Waals surface area contributed by atoms with Crippen LogP contribution < -0.4 is 5.32 Å². The minimum absolute atomic E-state index is 0.200. The van der Waals surface area contributed by atoms with Crippen LogP contribution in [0.5, 0.6) is 0 Å². The predicted octanol–water partition coefficient (Wildman–Crippen LogP) is 2.17. The van der Waals surface area contributed by atoms with E-state index in [0.29, 0.717) is 12.2 Å². The summed E-state index contributed by atoms with van der Waals surface area (Å²) in [6, 6.07) is 1.08. The lowest BCUT2D eigenvalue weighted by Gasteiger charge is -2.15. The van der Waals surface area contributed by atoms with Gasteiger partial charge in [-0.1, -0.05) is 41.8 Å². The first-order valence-corrected chi connectivity index (χ1v) is 6.72. The number of carbonyl (C=O) groups excluding carboxylic acids is 1. The van der Waals surface area contributed by atoms with Crippen LogP contribution >= 0.6 is 23.2 Å². The molecule has 0 saturated carbocycles. The second-order valence-corrected chi connectivity index (χ2v) is 4.87. The third-order valence-corrected chi connectivity index (χ3v) is 3.13. The standard InChI is InChI=1S/C11H12Cl2N6O/c1-2-3-8(10-16-18-19-17-10)15-11(20)6-4-9(13)14-5-7(6)12/h4-5,8H,2-3H2,1H3,(H,15,20)(H,16,17,18,19)/t8-/m0/s1. The molecule has 2 aromatic heterocycles. The molecule has 2 N–H and O–H groups in total. The number of nitrogens with zero attached hydrogens (tertiary/aromatic N) is 4. The maximum atomic E-state index is 12.2. The Morgan fingerprint density at radius 2 is 2.30 bits per heavy atom. The van der Waals surface area contributed by atoms with Crippen molar-refractivity contribution < 1.29 is 4.79 Å². The van der Waals surface area contributed by atoms with Crippen LogP contribution in [0.4, 0.5) is 0 Å². The van der Waals surface area contributed by atoms with E-state index >= 15 is 0 Å². The van der Waals surface area contributed by atoms with Crippen LogP contribution in [0, 0.1) is 0 Å². The van der Waals surface area contributed by atoms with Crippen molar-refractivity contribution in [2.24, 2.45) is 0 Å². The maximum absolute atomic E-state index is 12.2. The van der Waals surface area contributed by atoms with Crippen molar-refractivity contribution in [1.29, 1.82) is 0 Å². The fraction of sp³-hybridized carbons (Fsp3) is 0.364. The number of hydrogen-bond donors (Lipinski definition) is 2. The molecule has 0 aliphatic carbocycles. The monoisotopic (exact) mass is 314 g/mol. The molecule has 0 saturated heterocycles. The molecule has 0 bridgehead atoms. The average molecular weight is 315 g/mol. The van der Waals surface area contributed by atoms with Gasteiger partial charge >= 0.3 is 0 Å². The number of aromatic nitrogens is 5. The number of hydrogen-bond acceptors (Lipinski definition) is 5. The number of nitrogens with one attached hydrogen (secondary N) is 2. The molecule has 1 amide bonds. The molecule has 0 spiro atoms. The van der Waals surface area contributed by atoms with Gasteiger partial charge in [0.05, 0.1) is 16.6 Å². The van der Waals surface area contributed by atoms with Gasteiger partial charge in [-0.2, -0.15) is 5.21 Å². The van der Waals surface area contributed by atoms with Crippen molar-refractivity contribution in [2.75, 3.05) is 0 Å². The van der Waals surface area contributed by atoms with E-state index in [0.717, 1.165) is 6.42 Å². The van der Waals surface area contributed by atoms with Gasteiger partial charge in [0, 0.05) is 6.20 Å². The number of H-pyrrole nitrogens is 1. The summed E-state index contributed by atoms with van der Waals surface area (Å²) < 4.78 is 0. The van der Waals surface area contributed by atoms with E-state index in [1.54, 1.807) is 0 Å². The molecule has 2 heterocycles. The summed E-state index contributed by atoms with van der Waals surface area (Å²) in [4.78, 5) is 16.0. The van der Waals surface area contributed by atoms with Crippen LogP contribution in [0.15, 0.2) is 12.3 Å². The van der Waals surface area contributed by atoms with Gasteiger partial charge in [-0.25, -0.2) is 4.98 Å². The first kappa shape index (κ1) is 14.7. The highest BCUT2D eigenvalue weighted by atomic mass is 35.5. The molecule has 2 aromatic rings. The van der Waals surface area contributed by atoms with E-state index < -0.39 is 0 Å². The molecule has 9 heteroatoms. The second kappa shape index (κ2) is 6.62. The molecule has 0 fully saturated rings. The summed E-state index contributed by atoms with van der Waals surface area (Å²) in [6.07, 6.45) is 2.87. The highest BCUT2D eigenvalue weighted by Gasteiger charge is 2.20.